The number of benzene rings is 1. The molecule has 22 heavy (non-hydrogen) atoms. The number of methoxy groups -OCH3 is 1. The molecule has 0 bridgehead atoms. The van der Waals surface area contributed by atoms with E-state index in [1.54, 1.807) is 13.3 Å². The van der Waals surface area contributed by atoms with Crippen molar-refractivity contribution in [2.24, 2.45) is 0 Å². The van der Waals surface area contributed by atoms with E-state index in [0.29, 0.717) is 18.5 Å². The first-order valence-corrected chi connectivity index (χ1v) is 7.39. The average molecular weight is 302 g/mol. The molecule has 0 aliphatic rings. The molecule has 5 heteroatoms. The molecule has 2 rings (SSSR count). The van der Waals surface area contributed by atoms with E-state index in [2.05, 4.69) is 5.32 Å². The Hall–Kier alpha value is -2.14. The molecule has 1 heterocycles. The van der Waals surface area contributed by atoms with Gasteiger partial charge in [-0.1, -0.05) is 6.07 Å². The van der Waals surface area contributed by atoms with E-state index in [0.717, 1.165) is 23.1 Å². The van der Waals surface area contributed by atoms with Crippen molar-refractivity contribution < 1.29 is 9.53 Å². The van der Waals surface area contributed by atoms with Gasteiger partial charge in [0.25, 0.3) is 0 Å². The van der Waals surface area contributed by atoms with Crippen LogP contribution in [0.4, 0.5) is 0 Å². The van der Waals surface area contributed by atoms with Gasteiger partial charge in [-0.3, -0.25) is 9.59 Å². The van der Waals surface area contributed by atoms with Gasteiger partial charge in [-0.25, -0.2) is 0 Å². The fourth-order valence-electron chi connectivity index (χ4n) is 2.61. The van der Waals surface area contributed by atoms with Crippen LogP contribution in [0.5, 0.6) is 0 Å². The highest BCUT2D eigenvalue weighted by Gasteiger charge is 2.09. The SMILES string of the molecule is COCCCNC(=O)Cn1ccc(=O)c2c(C)cc(C)cc21. The van der Waals surface area contributed by atoms with Gasteiger partial charge < -0.3 is 14.6 Å². The predicted octanol–water partition coefficient (Wildman–Crippen LogP) is 1.77. The van der Waals surface area contributed by atoms with Crippen molar-refractivity contribution in [2.75, 3.05) is 20.3 Å². The third kappa shape index (κ3) is 3.74. The second kappa shape index (κ2) is 7.22. The van der Waals surface area contributed by atoms with Crippen LogP contribution < -0.4 is 10.7 Å². The summed E-state index contributed by atoms with van der Waals surface area (Å²) in [6.45, 7) is 5.32. The largest absolute Gasteiger partial charge is 0.385 e. The fourth-order valence-corrected chi connectivity index (χ4v) is 2.61. The first-order chi connectivity index (χ1) is 10.5. The van der Waals surface area contributed by atoms with Crippen LogP contribution in [0, 0.1) is 13.8 Å². The Morgan fingerprint density at radius 2 is 2.09 bits per heavy atom. The highest BCUT2D eigenvalue weighted by Crippen LogP contribution is 2.17. The molecule has 118 valence electrons. The standard InChI is InChI=1S/C17H22N2O3/c1-12-9-13(2)17-14(10-12)19(7-5-15(17)20)11-16(21)18-6-4-8-22-3/h5,7,9-10H,4,6,8,11H2,1-3H3,(H,18,21). The summed E-state index contributed by atoms with van der Waals surface area (Å²) in [4.78, 5) is 24.1. The number of carbonyl (C=O) groups excluding carboxylic acids is 1. The van der Waals surface area contributed by atoms with E-state index in [4.69, 9.17) is 4.74 Å². The minimum Gasteiger partial charge on any atom is -0.385 e. The number of rotatable bonds is 6. The lowest BCUT2D eigenvalue weighted by Gasteiger charge is -2.13. The normalized spacial score (nSPS) is 10.9. The van der Waals surface area contributed by atoms with Crippen LogP contribution in [-0.4, -0.2) is 30.7 Å². The van der Waals surface area contributed by atoms with Gasteiger partial charge in [0.2, 0.25) is 5.91 Å². The van der Waals surface area contributed by atoms with E-state index < -0.39 is 0 Å². The number of ether oxygens (including phenoxy) is 1. The van der Waals surface area contributed by atoms with E-state index >= 15 is 0 Å². The topological polar surface area (TPSA) is 60.3 Å². The van der Waals surface area contributed by atoms with Gasteiger partial charge in [-0.15, -0.1) is 0 Å². The maximum atomic E-state index is 12.1. The van der Waals surface area contributed by atoms with Crippen LogP contribution in [0.2, 0.25) is 0 Å². The van der Waals surface area contributed by atoms with Gasteiger partial charge >= 0.3 is 0 Å². The average Bonchev–Trinajstić information content (AvgIpc) is 2.46. The molecular weight excluding hydrogens is 280 g/mol. The molecular formula is C17H22N2O3. The monoisotopic (exact) mass is 302 g/mol. The maximum absolute atomic E-state index is 12.1. The van der Waals surface area contributed by atoms with E-state index in [1.165, 1.54) is 6.07 Å². The zero-order chi connectivity index (χ0) is 16.1. The summed E-state index contributed by atoms with van der Waals surface area (Å²) < 4.78 is 6.77. The van der Waals surface area contributed by atoms with Crippen molar-refractivity contribution in [2.45, 2.75) is 26.8 Å². The van der Waals surface area contributed by atoms with Crippen molar-refractivity contribution in [1.82, 2.24) is 9.88 Å². The Balaban J connectivity index is 2.23. The minimum absolute atomic E-state index is 0.00995. The zero-order valence-electron chi connectivity index (χ0n) is 13.3. The fraction of sp³-hybridized carbons (Fsp3) is 0.412. The van der Waals surface area contributed by atoms with Crippen LogP contribution >= 0.6 is 0 Å². The molecule has 0 unspecified atom stereocenters. The predicted molar refractivity (Wildman–Crippen MR) is 87.2 cm³/mol. The molecule has 5 nitrogen and oxygen atoms in total. The van der Waals surface area contributed by atoms with E-state index in [-0.39, 0.29) is 17.9 Å². The minimum atomic E-state index is -0.0692. The number of aryl methyl sites for hydroxylation is 2. The lowest BCUT2D eigenvalue weighted by molar-refractivity contribution is -0.121. The van der Waals surface area contributed by atoms with Crippen molar-refractivity contribution >= 4 is 16.8 Å². The molecule has 0 aliphatic carbocycles. The number of carbonyl (C=O) groups is 1. The number of fused-ring (bicyclic) bond motifs is 1. The zero-order valence-corrected chi connectivity index (χ0v) is 13.3. The molecule has 0 fully saturated rings. The van der Waals surface area contributed by atoms with Crippen molar-refractivity contribution in [3.63, 3.8) is 0 Å². The van der Waals surface area contributed by atoms with Crippen molar-refractivity contribution in [3.05, 3.63) is 45.7 Å². The highest BCUT2D eigenvalue weighted by atomic mass is 16.5. The summed E-state index contributed by atoms with van der Waals surface area (Å²) in [6, 6.07) is 5.45. The molecule has 1 aromatic heterocycles. The summed E-state index contributed by atoms with van der Waals surface area (Å²) >= 11 is 0. The molecule has 0 aliphatic heterocycles. The maximum Gasteiger partial charge on any atom is 0.239 e. The second-order valence-corrected chi connectivity index (χ2v) is 5.48. The van der Waals surface area contributed by atoms with Crippen molar-refractivity contribution in [3.8, 4) is 0 Å². The van der Waals surface area contributed by atoms with Gasteiger partial charge in [0, 0.05) is 37.9 Å². The summed E-state index contributed by atoms with van der Waals surface area (Å²) in [7, 11) is 1.64. The Kier molecular flexibility index (Phi) is 5.33. The Morgan fingerprint density at radius 1 is 1.32 bits per heavy atom. The molecule has 0 radical (unpaired) electrons. The summed E-state index contributed by atoms with van der Waals surface area (Å²) in [5.74, 6) is -0.0692. The number of amides is 1. The van der Waals surface area contributed by atoms with E-state index in [9.17, 15) is 9.59 Å². The third-order valence-electron chi connectivity index (χ3n) is 3.58. The third-order valence-corrected chi connectivity index (χ3v) is 3.58. The molecule has 1 N–H and O–H groups in total. The highest BCUT2D eigenvalue weighted by molar-refractivity contribution is 5.85. The number of aromatic nitrogens is 1. The molecule has 0 spiro atoms. The lowest BCUT2D eigenvalue weighted by Crippen LogP contribution is -2.29. The van der Waals surface area contributed by atoms with Crippen LogP contribution in [0.15, 0.2) is 29.2 Å². The van der Waals surface area contributed by atoms with Crippen LogP contribution in [0.1, 0.15) is 17.5 Å². The van der Waals surface area contributed by atoms with E-state index in [1.807, 2.05) is 30.5 Å². The summed E-state index contributed by atoms with van der Waals surface area (Å²) in [5.41, 5.74) is 2.81. The lowest BCUT2D eigenvalue weighted by atomic mass is 10.1. The van der Waals surface area contributed by atoms with Crippen LogP contribution in [0.25, 0.3) is 10.9 Å². The smallest absolute Gasteiger partial charge is 0.239 e. The summed E-state index contributed by atoms with van der Waals surface area (Å²) in [5, 5.41) is 3.54. The Morgan fingerprint density at radius 3 is 2.82 bits per heavy atom. The van der Waals surface area contributed by atoms with Gasteiger partial charge in [0.15, 0.2) is 5.43 Å². The van der Waals surface area contributed by atoms with Gasteiger partial charge in [-0.2, -0.15) is 0 Å². The molecule has 0 saturated heterocycles. The first-order valence-electron chi connectivity index (χ1n) is 7.39. The van der Waals surface area contributed by atoms with Gasteiger partial charge in [0.1, 0.15) is 6.54 Å². The molecule has 1 amide bonds. The first kappa shape index (κ1) is 16.2. The van der Waals surface area contributed by atoms with Gasteiger partial charge in [-0.05, 0) is 37.5 Å². The van der Waals surface area contributed by atoms with Gasteiger partial charge in [0.05, 0.1) is 5.52 Å². The molecule has 0 atom stereocenters. The van der Waals surface area contributed by atoms with Crippen molar-refractivity contribution in [1.29, 1.82) is 0 Å². The van der Waals surface area contributed by atoms with Crippen LogP contribution in [-0.2, 0) is 16.1 Å². The number of nitrogens with zero attached hydrogens (tertiary/aromatic N) is 1. The molecule has 0 saturated carbocycles. The molecule has 1 aromatic carbocycles. The number of hydrogen-bond acceptors (Lipinski definition) is 3. The Labute approximate surface area is 129 Å². The summed E-state index contributed by atoms with van der Waals surface area (Å²) in [6.07, 6.45) is 2.46. The number of pyridine rings is 1. The number of nitrogens with one attached hydrogen (secondary N) is 1. The number of hydrogen-bond donors (Lipinski definition) is 1. The van der Waals surface area contributed by atoms with Crippen LogP contribution in [0.3, 0.4) is 0 Å². The Bertz CT molecular complexity index is 734. The second-order valence-electron chi connectivity index (χ2n) is 5.48. The quantitative estimate of drug-likeness (QED) is 0.827. The molecule has 2 aromatic rings.